The second kappa shape index (κ2) is 24.2. The fraction of sp³-hybridized carbons (Fsp3) is 0.737. The number of hydrogen-bond acceptors (Lipinski definition) is 0. The molecule has 0 N–H and O–H groups in total. The molecule has 0 saturated carbocycles. The van der Waals surface area contributed by atoms with Crippen LogP contribution in [0.15, 0.2) is 24.3 Å². The summed E-state index contributed by atoms with van der Waals surface area (Å²) in [5.41, 5.74) is 1.88. The van der Waals surface area contributed by atoms with E-state index in [0.29, 0.717) is 5.41 Å². The molecule has 0 amide bonds. The summed E-state index contributed by atoms with van der Waals surface area (Å²) in [7, 11) is 5.42. The van der Waals surface area contributed by atoms with Crippen LogP contribution in [0, 0.1) is 5.41 Å². The molecule has 0 aliphatic carbocycles. The van der Waals surface area contributed by atoms with Crippen LogP contribution >= 0.6 is 0 Å². The van der Waals surface area contributed by atoms with Crippen LogP contribution in [0.5, 0.6) is 0 Å². The Labute approximate surface area is 161 Å². The van der Waals surface area contributed by atoms with Gasteiger partial charge in [0.15, 0.2) is 0 Å². The predicted octanol–water partition coefficient (Wildman–Crippen LogP) is 6.02. The van der Waals surface area contributed by atoms with Gasteiger partial charge >= 0.3 is 21.7 Å². The van der Waals surface area contributed by atoms with Gasteiger partial charge in [0.05, 0.1) is 0 Å². The van der Waals surface area contributed by atoms with Crippen LogP contribution in [0.2, 0.25) is 0 Å². The average molecular weight is 357 g/mol. The van der Waals surface area contributed by atoms with Gasteiger partial charge in [-0.3, -0.25) is 0 Å². The molecule has 0 saturated heterocycles. The molecule has 1 aromatic rings. The van der Waals surface area contributed by atoms with Crippen molar-refractivity contribution in [1.82, 2.24) is 0 Å². The van der Waals surface area contributed by atoms with Crippen LogP contribution in [0.25, 0.3) is 16.0 Å². The molecule has 0 fully saturated rings. The molecule has 0 unspecified atom stereocenters. The predicted molar refractivity (Wildman–Crippen MR) is 105 cm³/mol. The smallest absolute Gasteiger partial charge is 0.665 e. The normalized spacial score (nSPS) is 9.09. The van der Waals surface area contributed by atoms with Crippen LogP contribution in [-0.4, -0.2) is 40.8 Å². The summed E-state index contributed by atoms with van der Waals surface area (Å²) in [5, 5.41) is 11.2. The summed E-state index contributed by atoms with van der Waals surface area (Å²) in [5.74, 6) is 0. The van der Waals surface area contributed by atoms with E-state index in [9.17, 15) is 0 Å². The Morgan fingerprint density at radius 1 is 0.739 bits per heavy atom. The number of nitrogens with zero attached hydrogens (tertiary/aromatic N) is 3. The van der Waals surface area contributed by atoms with Gasteiger partial charge in [0, 0.05) is 0 Å². The van der Waals surface area contributed by atoms with E-state index >= 15 is 0 Å². The van der Waals surface area contributed by atoms with Crippen LogP contribution < -0.4 is 0 Å². The molecule has 0 aliphatic rings. The first-order chi connectivity index (χ1) is 10.3. The molecule has 0 radical (unpaired) electrons. The van der Waals surface area contributed by atoms with Gasteiger partial charge in [0.1, 0.15) is 0 Å². The van der Waals surface area contributed by atoms with Gasteiger partial charge in [-0.15, -0.1) is 0 Å². The fourth-order valence-corrected chi connectivity index (χ4v) is 1.14. The zero-order valence-electron chi connectivity index (χ0n) is 17.0. The van der Waals surface area contributed by atoms with E-state index in [4.69, 9.17) is 0 Å². The first kappa shape index (κ1) is 30.8. The molecular formula is C19H39N3Ti. The van der Waals surface area contributed by atoms with Gasteiger partial charge in [0.2, 0.25) is 0 Å². The van der Waals surface area contributed by atoms with Crippen molar-refractivity contribution in [2.24, 2.45) is 5.41 Å². The number of hydrogen-bond donors (Lipinski definition) is 0. The third-order valence-corrected chi connectivity index (χ3v) is 2.41. The minimum absolute atomic E-state index is 0. The van der Waals surface area contributed by atoms with Gasteiger partial charge in [-0.25, -0.2) is 12.1 Å². The first-order valence-electron chi connectivity index (χ1n) is 8.20. The van der Waals surface area contributed by atoms with Crippen molar-refractivity contribution < 1.29 is 21.7 Å². The van der Waals surface area contributed by atoms with Crippen molar-refractivity contribution >= 4 is 0 Å². The molecular weight excluding hydrogens is 318 g/mol. The van der Waals surface area contributed by atoms with Gasteiger partial charge in [-0.1, -0.05) is 48.0 Å². The zero-order valence-corrected chi connectivity index (χ0v) is 18.5. The van der Waals surface area contributed by atoms with Gasteiger partial charge in [-0.05, 0) is 5.41 Å². The van der Waals surface area contributed by atoms with Crippen molar-refractivity contribution in [3.8, 4) is 0 Å². The number of rotatable bonds is 4. The Morgan fingerprint density at radius 2 is 1.00 bits per heavy atom. The molecule has 23 heavy (non-hydrogen) atoms. The summed E-state index contributed by atoms with van der Waals surface area (Å²) >= 11 is 0. The second-order valence-corrected chi connectivity index (χ2v) is 5.93. The molecule has 0 aliphatic heterocycles. The van der Waals surface area contributed by atoms with E-state index in [-0.39, 0.29) is 21.7 Å². The maximum absolute atomic E-state index is 3.74. The molecule has 1 rings (SSSR count). The van der Waals surface area contributed by atoms with Crippen molar-refractivity contribution in [3.05, 3.63) is 45.8 Å². The van der Waals surface area contributed by atoms with E-state index in [0.717, 1.165) is 19.6 Å². The van der Waals surface area contributed by atoms with Crippen LogP contribution in [0.3, 0.4) is 0 Å². The zero-order chi connectivity index (χ0) is 17.9. The van der Waals surface area contributed by atoms with Gasteiger partial charge < -0.3 is 16.0 Å². The monoisotopic (exact) mass is 357 g/mol. The molecule has 1 aromatic carbocycles. The van der Waals surface area contributed by atoms with Crippen molar-refractivity contribution in [3.63, 3.8) is 0 Å². The third kappa shape index (κ3) is 39.1. The molecule has 134 valence electrons. The molecule has 3 nitrogen and oxygen atoms in total. The summed E-state index contributed by atoms with van der Waals surface area (Å²) in [6.07, 6.45) is 1.18. The first-order valence-corrected chi connectivity index (χ1v) is 8.20. The Bertz CT molecular complexity index is 251. The fourth-order valence-electron chi connectivity index (χ4n) is 1.14. The van der Waals surface area contributed by atoms with Crippen LogP contribution in [0.4, 0.5) is 0 Å². The quantitative estimate of drug-likeness (QED) is 0.467. The maximum atomic E-state index is 3.74. The Balaban J connectivity index is -0.000000118. The van der Waals surface area contributed by atoms with E-state index in [2.05, 4.69) is 61.0 Å². The molecule has 0 spiro atoms. The average Bonchev–Trinajstić information content (AvgIpc) is 2.98. The molecule has 0 aromatic heterocycles. The topological polar surface area (TPSA) is 42.3 Å². The van der Waals surface area contributed by atoms with Crippen LogP contribution in [-0.2, 0) is 28.1 Å². The minimum atomic E-state index is 0. The second-order valence-electron chi connectivity index (χ2n) is 5.93. The summed E-state index contributed by atoms with van der Waals surface area (Å²) in [4.78, 5) is 0. The van der Waals surface area contributed by atoms with Crippen molar-refractivity contribution in [2.45, 2.75) is 48.0 Å². The summed E-state index contributed by atoms with van der Waals surface area (Å²) in [6.45, 7) is 15.7. The van der Waals surface area contributed by atoms with E-state index in [1.54, 1.807) is 21.1 Å². The van der Waals surface area contributed by atoms with Gasteiger partial charge in [0.25, 0.3) is 0 Å². The molecule has 0 bridgehead atoms. The molecule has 4 heteroatoms. The third-order valence-electron chi connectivity index (χ3n) is 2.41. The van der Waals surface area contributed by atoms with E-state index < -0.39 is 0 Å². The largest absolute Gasteiger partial charge is 4.00 e. The SMILES string of the molecule is CC(C)(C)C[c-]1cccc1.CC[N-]C.CC[N-]C.CC[N-]C.[Ti+4]. The maximum Gasteiger partial charge on any atom is 4.00 e. The minimum Gasteiger partial charge on any atom is -0.665 e. The van der Waals surface area contributed by atoms with E-state index in [1.807, 2.05) is 20.8 Å². The van der Waals surface area contributed by atoms with Crippen molar-refractivity contribution in [2.75, 3.05) is 40.8 Å². The Kier molecular flexibility index (Phi) is 32.4. The Morgan fingerprint density at radius 3 is 1.17 bits per heavy atom. The van der Waals surface area contributed by atoms with E-state index in [1.165, 1.54) is 12.0 Å². The Hall–Kier alpha value is -0.0557. The molecule has 0 heterocycles. The van der Waals surface area contributed by atoms with Gasteiger partial charge in [-0.2, -0.15) is 58.5 Å². The molecule has 0 atom stereocenters. The van der Waals surface area contributed by atoms with Crippen molar-refractivity contribution in [1.29, 1.82) is 0 Å². The summed E-state index contributed by atoms with van der Waals surface area (Å²) in [6, 6.07) is 8.57. The van der Waals surface area contributed by atoms with Crippen LogP contribution in [0.1, 0.15) is 47.1 Å². The standard InChI is InChI=1S/C10H15.3C3H8N.Ti/c1-10(2,3)8-9-6-4-5-7-9;3*1-3-4-2;/h4-7H,8H2,1-3H3;3*3H2,1-2H3;/q4*-1;+4. The summed E-state index contributed by atoms with van der Waals surface area (Å²) < 4.78 is 0.